The van der Waals surface area contributed by atoms with Crippen molar-refractivity contribution >= 4 is 29.5 Å². The second-order valence-electron chi connectivity index (χ2n) is 3.56. The molecule has 2 unspecified atom stereocenters. The number of likely N-dealkylation sites (tertiary alicyclic amines) is 1. The SMILES string of the molecule is CC(CSC1CC(=O)N(C)C1=O)C(=O)O. The predicted octanol–water partition coefficient (Wildman–Crippen LogP) is 0.198. The van der Waals surface area contributed by atoms with Crippen LogP contribution in [0.25, 0.3) is 0 Å². The molecule has 2 amide bonds. The highest BCUT2D eigenvalue weighted by atomic mass is 32.2. The van der Waals surface area contributed by atoms with E-state index in [1.165, 1.54) is 18.8 Å². The zero-order valence-corrected chi connectivity index (χ0v) is 9.41. The molecular weight excluding hydrogens is 218 g/mol. The fourth-order valence-corrected chi connectivity index (χ4v) is 2.41. The quantitative estimate of drug-likeness (QED) is 0.699. The third-order valence-corrected chi connectivity index (χ3v) is 3.77. The minimum atomic E-state index is -0.882. The van der Waals surface area contributed by atoms with Crippen molar-refractivity contribution in [3.63, 3.8) is 0 Å². The zero-order valence-electron chi connectivity index (χ0n) is 8.60. The molecule has 1 saturated heterocycles. The first-order valence-electron chi connectivity index (χ1n) is 4.58. The number of nitrogens with zero attached hydrogens (tertiary/aromatic N) is 1. The number of carboxylic acids is 1. The summed E-state index contributed by atoms with van der Waals surface area (Å²) in [6.45, 7) is 1.58. The number of imide groups is 1. The second-order valence-corrected chi connectivity index (χ2v) is 4.79. The van der Waals surface area contributed by atoms with Crippen LogP contribution in [0, 0.1) is 5.92 Å². The fourth-order valence-electron chi connectivity index (χ4n) is 1.18. The van der Waals surface area contributed by atoms with Gasteiger partial charge in [0.1, 0.15) is 0 Å². The third-order valence-electron chi connectivity index (χ3n) is 2.31. The van der Waals surface area contributed by atoms with Crippen molar-refractivity contribution in [3.8, 4) is 0 Å². The van der Waals surface area contributed by atoms with Gasteiger partial charge in [-0.25, -0.2) is 0 Å². The van der Waals surface area contributed by atoms with Gasteiger partial charge in [0.2, 0.25) is 11.8 Å². The molecule has 0 aromatic carbocycles. The first-order valence-corrected chi connectivity index (χ1v) is 5.63. The van der Waals surface area contributed by atoms with Crippen molar-refractivity contribution in [3.05, 3.63) is 0 Å². The first-order chi connectivity index (χ1) is 6.93. The van der Waals surface area contributed by atoms with Crippen molar-refractivity contribution in [1.82, 2.24) is 4.90 Å². The number of aliphatic carboxylic acids is 1. The van der Waals surface area contributed by atoms with Gasteiger partial charge in [0, 0.05) is 19.2 Å². The van der Waals surface area contributed by atoms with E-state index in [0.29, 0.717) is 5.75 Å². The van der Waals surface area contributed by atoms with E-state index < -0.39 is 17.1 Å². The van der Waals surface area contributed by atoms with Crippen LogP contribution in [0.5, 0.6) is 0 Å². The highest BCUT2D eigenvalue weighted by molar-refractivity contribution is 8.00. The van der Waals surface area contributed by atoms with Gasteiger partial charge >= 0.3 is 5.97 Å². The molecule has 1 heterocycles. The van der Waals surface area contributed by atoms with Crippen LogP contribution in [0.3, 0.4) is 0 Å². The molecule has 1 fully saturated rings. The second kappa shape index (κ2) is 4.65. The van der Waals surface area contributed by atoms with E-state index in [4.69, 9.17) is 5.11 Å². The molecule has 0 bridgehead atoms. The van der Waals surface area contributed by atoms with Crippen molar-refractivity contribution < 1.29 is 19.5 Å². The monoisotopic (exact) mass is 231 g/mol. The molecule has 0 radical (unpaired) electrons. The van der Waals surface area contributed by atoms with Crippen LogP contribution in [0.15, 0.2) is 0 Å². The van der Waals surface area contributed by atoms with Crippen LogP contribution in [0.4, 0.5) is 0 Å². The summed E-state index contributed by atoms with van der Waals surface area (Å²) in [5.41, 5.74) is 0. The number of hydrogen-bond acceptors (Lipinski definition) is 4. The Morgan fingerprint density at radius 1 is 1.67 bits per heavy atom. The third kappa shape index (κ3) is 2.71. The minimum absolute atomic E-state index is 0.187. The van der Waals surface area contributed by atoms with Crippen LogP contribution in [0.2, 0.25) is 0 Å². The van der Waals surface area contributed by atoms with Crippen molar-refractivity contribution in [1.29, 1.82) is 0 Å². The van der Waals surface area contributed by atoms with Gasteiger partial charge < -0.3 is 5.11 Å². The zero-order chi connectivity index (χ0) is 11.6. The summed E-state index contributed by atoms with van der Waals surface area (Å²) in [5.74, 6) is -1.44. The van der Waals surface area contributed by atoms with E-state index in [0.717, 1.165) is 4.90 Å². The van der Waals surface area contributed by atoms with Gasteiger partial charge in [-0.1, -0.05) is 6.92 Å². The van der Waals surface area contributed by atoms with E-state index in [-0.39, 0.29) is 18.2 Å². The Labute approximate surface area is 91.8 Å². The summed E-state index contributed by atoms with van der Waals surface area (Å²) in [7, 11) is 1.45. The summed E-state index contributed by atoms with van der Waals surface area (Å²) in [6, 6.07) is 0. The van der Waals surface area contributed by atoms with Gasteiger partial charge in [-0.05, 0) is 0 Å². The Hall–Kier alpha value is -1.04. The first kappa shape index (κ1) is 12.0. The number of amides is 2. The number of rotatable bonds is 4. The topological polar surface area (TPSA) is 74.7 Å². The van der Waals surface area contributed by atoms with Crippen molar-refractivity contribution in [2.45, 2.75) is 18.6 Å². The molecule has 15 heavy (non-hydrogen) atoms. The summed E-state index contributed by atoms with van der Waals surface area (Å²) in [6.07, 6.45) is 0.187. The van der Waals surface area contributed by atoms with Crippen LogP contribution in [-0.4, -0.2) is 45.8 Å². The summed E-state index contributed by atoms with van der Waals surface area (Å²) in [5, 5.41) is 8.25. The predicted molar refractivity (Wildman–Crippen MR) is 55.4 cm³/mol. The van der Waals surface area contributed by atoms with Gasteiger partial charge in [0.15, 0.2) is 0 Å². The number of carbonyl (C=O) groups is 3. The number of carbonyl (C=O) groups excluding carboxylic acids is 2. The van der Waals surface area contributed by atoms with Gasteiger partial charge in [0.05, 0.1) is 11.2 Å². The normalized spacial score (nSPS) is 23.3. The van der Waals surface area contributed by atoms with E-state index in [2.05, 4.69) is 0 Å². The molecule has 0 aromatic rings. The number of thioether (sulfide) groups is 1. The molecule has 1 rings (SSSR count). The molecular formula is C9H13NO4S. The molecule has 1 aliphatic rings. The average molecular weight is 231 g/mol. The molecule has 84 valence electrons. The van der Waals surface area contributed by atoms with E-state index in [1.54, 1.807) is 6.92 Å². The lowest BCUT2D eigenvalue weighted by Gasteiger charge is -2.10. The molecule has 5 nitrogen and oxygen atoms in total. The Balaban J connectivity index is 2.44. The standard InChI is InChI=1S/C9H13NO4S/c1-5(9(13)14)4-15-6-3-7(11)10(2)8(6)12/h5-6H,3-4H2,1-2H3,(H,13,14). The number of carboxylic acid groups (broad SMARTS) is 1. The van der Waals surface area contributed by atoms with Gasteiger partial charge in [-0.3, -0.25) is 19.3 Å². The maximum Gasteiger partial charge on any atom is 0.307 e. The molecule has 0 aromatic heterocycles. The fraction of sp³-hybridized carbons (Fsp3) is 0.667. The molecule has 2 atom stereocenters. The van der Waals surface area contributed by atoms with E-state index in [9.17, 15) is 14.4 Å². The summed E-state index contributed by atoms with van der Waals surface area (Å²) >= 11 is 1.24. The molecule has 1 aliphatic heterocycles. The Bertz CT molecular complexity index is 304. The maximum atomic E-state index is 11.4. The average Bonchev–Trinajstić information content (AvgIpc) is 2.42. The van der Waals surface area contributed by atoms with Crippen LogP contribution >= 0.6 is 11.8 Å². The van der Waals surface area contributed by atoms with Gasteiger partial charge in [0.25, 0.3) is 0 Å². The minimum Gasteiger partial charge on any atom is -0.481 e. The largest absolute Gasteiger partial charge is 0.481 e. The Kier molecular flexibility index (Phi) is 3.73. The van der Waals surface area contributed by atoms with Crippen LogP contribution in [0.1, 0.15) is 13.3 Å². The molecule has 0 spiro atoms. The lowest BCUT2D eigenvalue weighted by molar-refractivity contribution is -0.140. The molecule has 6 heteroatoms. The molecule has 0 aliphatic carbocycles. The summed E-state index contributed by atoms with van der Waals surface area (Å²) < 4.78 is 0. The van der Waals surface area contributed by atoms with Crippen LogP contribution in [-0.2, 0) is 14.4 Å². The smallest absolute Gasteiger partial charge is 0.307 e. The highest BCUT2D eigenvalue weighted by Gasteiger charge is 2.36. The Morgan fingerprint density at radius 3 is 2.67 bits per heavy atom. The van der Waals surface area contributed by atoms with Gasteiger partial charge in [-0.2, -0.15) is 0 Å². The summed E-state index contributed by atoms with van der Waals surface area (Å²) in [4.78, 5) is 34.2. The van der Waals surface area contributed by atoms with E-state index >= 15 is 0 Å². The van der Waals surface area contributed by atoms with Gasteiger partial charge in [-0.15, -0.1) is 11.8 Å². The van der Waals surface area contributed by atoms with Crippen molar-refractivity contribution in [2.75, 3.05) is 12.8 Å². The van der Waals surface area contributed by atoms with Crippen LogP contribution < -0.4 is 0 Å². The lowest BCUT2D eigenvalue weighted by Crippen LogP contribution is -2.27. The highest BCUT2D eigenvalue weighted by Crippen LogP contribution is 2.25. The lowest BCUT2D eigenvalue weighted by atomic mass is 10.2. The molecule has 1 N–H and O–H groups in total. The maximum absolute atomic E-state index is 11.4. The van der Waals surface area contributed by atoms with Crippen molar-refractivity contribution in [2.24, 2.45) is 5.92 Å². The Morgan fingerprint density at radius 2 is 2.27 bits per heavy atom. The van der Waals surface area contributed by atoms with E-state index in [1.807, 2.05) is 0 Å². The molecule has 0 saturated carbocycles. The number of hydrogen-bond donors (Lipinski definition) is 1.